The van der Waals surface area contributed by atoms with E-state index in [0.29, 0.717) is 43.1 Å². The highest BCUT2D eigenvalue weighted by atomic mass is 19.1. The van der Waals surface area contributed by atoms with E-state index >= 15 is 0 Å². The summed E-state index contributed by atoms with van der Waals surface area (Å²) < 4.78 is 20.4. The molecule has 1 aliphatic heterocycles. The van der Waals surface area contributed by atoms with E-state index in [2.05, 4.69) is 51.8 Å². The van der Waals surface area contributed by atoms with E-state index in [4.69, 9.17) is 4.74 Å². The van der Waals surface area contributed by atoms with Crippen molar-refractivity contribution in [3.63, 3.8) is 0 Å². The van der Waals surface area contributed by atoms with Crippen LogP contribution in [0.2, 0.25) is 0 Å². The van der Waals surface area contributed by atoms with Gasteiger partial charge in [0.25, 0.3) is 0 Å². The maximum Gasteiger partial charge on any atom is 0.319 e. The largest absolute Gasteiger partial charge is 0.493 e. The van der Waals surface area contributed by atoms with Crippen LogP contribution in [0.1, 0.15) is 37.8 Å². The molecule has 1 saturated heterocycles. The van der Waals surface area contributed by atoms with Crippen molar-refractivity contribution >= 4 is 17.4 Å². The van der Waals surface area contributed by atoms with Crippen LogP contribution >= 0.6 is 0 Å². The van der Waals surface area contributed by atoms with E-state index in [-0.39, 0.29) is 11.8 Å². The number of urea groups is 1. The quantitative estimate of drug-likeness (QED) is 0.176. The molecular formula is C35H40FN5O2. The number of hydrogen-bond donors (Lipinski definition) is 3. The predicted octanol–water partition coefficient (Wildman–Crippen LogP) is 7.12. The summed E-state index contributed by atoms with van der Waals surface area (Å²) in [7, 11) is 0. The molecule has 2 heterocycles. The molecule has 0 atom stereocenters. The molecule has 1 aromatic heterocycles. The van der Waals surface area contributed by atoms with E-state index < -0.39 is 0 Å². The topological polar surface area (TPSA) is 78.5 Å². The van der Waals surface area contributed by atoms with E-state index in [0.717, 1.165) is 53.9 Å². The van der Waals surface area contributed by atoms with Crippen molar-refractivity contribution in [1.82, 2.24) is 15.2 Å². The van der Waals surface area contributed by atoms with Crippen LogP contribution in [0, 0.1) is 5.82 Å². The van der Waals surface area contributed by atoms with E-state index in [1.54, 1.807) is 30.6 Å². The molecule has 3 N–H and O–H groups in total. The number of rotatable bonds is 11. The standard InChI is InChI=1S/C35H40FN5O2/c1-25(2)41-18-14-31(15-19-41)39-32-7-3-6-28(21-32)34-22-29(36)9-8-27(34)16-20-43-33-12-10-30(11-13-33)40-35(42)38-24-26-5-4-17-37-23-26/h3-13,17,21-23,25,31,39H,14-16,18-20,24H2,1-2H3,(H2,38,40,42). The van der Waals surface area contributed by atoms with Gasteiger partial charge in [-0.2, -0.15) is 0 Å². The first-order valence-corrected chi connectivity index (χ1v) is 15.0. The summed E-state index contributed by atoms with van der Waals surface area (Å²) in [4.78, 5) is 18.8. The van der Waals surface area contributed by atoms with Gasteiger partial charge in [-0.1, -0.05) is 24.3 Å². The number of piperidine rings is 1. The lowest BCUT2D eigenvalue weighted by Crippen LogP contribution is -2.42. The van der Waals surface area contributed by atoms with Gasteiger partial charge in [-0.3, -0.25) is 4.98 Å². The maximum absolute atomic E-state index is 14.4. The molecule has 2 amide bonds. The zero-order valence-corrected chi connectivity index (χ0v) is 24.9. The highest BCUT2D eigenvalue weighted by molar-refractivity contribution is 5.89. The molecule has 0 saturated carbocycles. The molecule has 0 bridgehead atoms. The highest BCUT2D eigenvalue weighted by Gasteiger charge is 2.20. The Labute approximate surface area is 253 Å². The van der Waals surface area contributed by atoms with Gasteiger partial charge in [0.2, 0.25) is 0 Å². The zero-order chi connectivity index (χ0) is 30.0. The third kappa shape index (κ3) is 8.78. The fourth-order valence-electron chi connectivity index (χ4n) is 5.38. The number of likely N-dealkylation sites (tertiary alicyclic amines) is 1. The minimum atomic E-state index is -0.294. The number of amides is 2. The fourth-order valence-corrected chi connectivity index (χ4v) is 5.38. The molecule has 8 heteroatoms. The van der Waals surface area contributed by atoms with E-state index in [9.17, 15) is 9.18 Å². The van der Waals surface area contributed by atoms with Crippen molar-refractivity contribution in [2.75, 3.05) is 30.3 Å². The van der Waals surface area contributed by atoms with Crippen molar-refractivity contribution in [2.24, 2.45) is 0 Å². The Kier molecular flexibility index (Phi) is 10.2. The van der Waals surface area contributed by atoms with Gasteiger partial charge in [0.1, 0.15) is 11.6 Å². The van der Waals surface area contributed by atoms with Crippen molar-refractivity contribution in [3.8, 4) is 16.9 Å². The fraction of sp³-hybridized carbons (Fsp3) is 0.314. The lowest BCUT2D eigenvalue weighted by atomic mass is 9.97. The zero-order valence-electron chi connectivity index (χ0n) is 24.9. The summed E-state index contributed by atoms with van der Waals surface area (Å²) in [5.74, 6) is 0.436. The Hall–Kier alpha value is -4.43. The van der Waals surface area contributed by atoms with Gasteiger partial charge in [0.05, 0.1) is 6.61 Å². The Morgan fingerprint density at radius 2 is 1.81 bits per heavy atom. The molecule has 7 nitrogen and oxygen atoms in total. The number of halogens is 1. The number of benzene rings is 3. The second-order valence-electron chi connectivity index (χ2n) is 11.2. The molecule has 4 aromatic rings. The number of anilines is 2. The first kappa shape index (κ1) is 30.0. The minimum absolute atomic E-state index is 0.258. The number of carbonyl (C=O) groups is 1. The van der Waals surface area contributed by atoms with Gasteiger partial charge in [-0.15, -0.1) is 0 Å². The number of pyridine rings is 1. The van der Waals surface area contributed by atoms with Gasteiger partial charge in [0, 0.05) is 61.9 Å². The Morgan fingerprint density at radius 3 is 2.56 bits per heavy atom. The van der Waals surface area contributed by atoms with Gasteiger partial charge in [-0.25, -0.2) is 9.18 Å². The molecule has 0 aliphatic carbocycles. The number of nitrogens with one attached hydrogen (secondary N) is 3. The molecule has 0 spiro atoms. The predicted molar refractivity (Wildman–Crippen MR) is 171 cm³/mol. The molecule has 0 radical (unpaired) electrons. The molecular weight excluding hydrogens is 541 g/mol. The van der Waals surface area contributed by atoms with Crippen LogP contribution in [0.5, 0.6) is 5.75 Å². The Morgan fingerprint density at radius 1 is 1.00 bits per heavy atom. The van der Waals surface area contributed by atoms with Crippen LogP contribution in [-0.2, 0) is 13.0 Å². The Bertz CT molecular complexity index is 1470. The normalized spacial score (nSPS) is 14.0. The van der Waals surface area contributed by atoms with Crippen molar-refractivity contribution in [3.05, 3.63) is 108 Å². The van der Waals surface area contributed by atoms with Crippen LogP contribution in [-0.4, -0.2) is 47.7 Å². The highest BCUT2D eigenvalue weighted by Crippen LogP contribution is 2.29. The van der Waals surface area contributed by atoms with Crippen molar-refractivity contribution in [1.29, 1.82) is 0 Å². The van der Waals surface area contributed by atoms with Crippen LogP contribution < -0.4 is 20.7 Å². The van der Waals surface area contributed by atoms with Crippen LogP contribution in [0.25, 0.3) is 11.1 Å². The van der Waals surface area contributed by atoms with Crippen molar-refractivity contribution < 1.29 is 13.9 Å². The average Bonchev–Trinajstić information content (AvgIpc) is 3.02. The van der Waals surface area contributed by atoms with Gasteiger partial charge < -0.3 is 25.6 Å². The minimum Gasteiger partial charge on any atom is -0.493 e. The smallest absolute Gasteiger partial charge is 0.319 e. The monoisotopic (exact) mass is 581 g/mol. The second-order valence-corrected chi connectivity index (χ2v) is 11.2. The number of hydrogen-bond acceptors (Lipinski definition) is 5. The molecule has 5 rings (SSSR count). The average molecular weight is 582 g/mol. The lowest BCUT2D eigenvalue weighted by Gasteiger charge is -2.35. The second kappa shape index (κ2) is 14.6. The molecule has 224 valence electrons. The van der Waals surface area contributed by atoms with Crippen molar-refractivity contribution in [2.45, 2.75) is 51.7 Å². The van der Waals surface area contributed by atoms with Gasteiger partial charge >= 0.3 is 6.03 Å². The van der Waals surface area contributed by atoms with E-state index in [1.165, 1.54) is 6.07 Å². The van der Waals surface area contributed by atoms with Gasteiger partial charge in [-0.05, 0) is 104 Å². The molecule has 1 aliphatic rings. The van der Waals surface area contributed by atoms with Gasteiger partial charge in [0.15, 0.2) is 0 Å². The summed E-state index contributed by atoms with van der Waals surface area (Å²) in [6, 6.07) is 24.9. The molecule has 43 heavy (non-hydrogen) atoms. The number of carbonyl (C=O) groups excluding carboxylic acids is 1. The summed E-state index contributed by atoms with van der Waals surface area (Å²) in [5.41, 5.74) is 5.53. The number of ether oxygens (including phenoxy) is 1. The number of nitrogens with zero attached hydrogens (tertiary/aromatic N) is 2. The molecule has 0 unspecified atom stereocenters. The third-order valence-corrected chi connectivity index (χ3v) is 7.80. The SMILES string of the molecule is CC(C)N1CCC(Nc2cccc(-c3cc(F)ccc3CCOc3ccc(NC(=O)NCc4cccnc4)cc3)c2)CC1. The number of aromatic nitrogens is 1. The first-order valence-electron chi connectivity index (χ1n) is 15.0. The summed E-state index contributed by atoms with van der Waals surface area (Å²) in [6.45, 7) is 7.53. The molecule has 3 aromatic carbocycles. The summed E-state index contributed by atoms with van der Waals surface area (Å²) in [5, 5.41) is 9.33. The maximum atomic E-state index is 14.4. The first-order chi connectivity index (χ1) is 20.9. The summed E-state index contributed by atoms with van der Waals surface area (Å²) >= 11 is 0. The van der Waals surface area contributed by atoms with Crippen LogP contribution in [0.3, 0.4) is 0 Å². The van der Waals surface area contributed by atoms with E-state index in [1.807, 2.05) is 42.5 Å². The van der Waals surface area contributed by atoms with Crippen LogP contribution in [0.15, 0.2) is 91.3 Å². The lowest BCUT2D eigenvalue weighted by molar-refractivity contribution is 0.177. The third-order valence-electron chi connectivity index (χ3n) is 7.80. The Balaban J connectivity index is 1.14. The molecule has 1 fully saturated rings. The van der Waals surface area contributed by atoms with Crippen LogP contribution in [0.4, 0.5) is 20.6 Å². The summed E-state index contributed by atoms with van der Waals surface area (Å²) in [6.07, 6.45) is 6.26.